The lowest BCUT2D eigenvalue weighted by Gasteiger charge is -2.15. The van der Waals surface area contributed by atoms with Crippen molar-refractivity contribution in [1.82, 2.24) is 10.3 Å². The fourth-order valence-electron chi connectivity index (χ4n) is 4.05. The van der Waals surface area contributed by atoms with Crippen molar-refractivity contribution >= 4 is 34.9 Å². The van der Waals surface area contributed by atoms with Crippen molar-refractivity contribution in [3.8, 4) is 0 Å². The summed E-state index contributed by atoms with van der Waals surface area (Å²) in [7, 11) is 1.53. The number of hydrogen-bond acceptors (Lipinski definition) is 8. The lowest BCUT2D eigenvalue weighted by molar-refractivity contribution is -0.117. The molecule has 1 amide bonds. The highest BCUT2D eigenvalue weighted by molar-refractivity contribution is 6.12. The van der Waals surface area contributed by atoms with Gasteiger partial charge in [-0.2, -0.15) is 0 Å². The van der Waals surface area contributed by atoms with Crippen molar-refractivity contribution in [2.24, 2.45) is 21.5 Å². The predicted molar refractivity (Wildman–Crippen MR) is 155 cm³/mol. The summed E-state index contributed by atoms with van der Waals surface area (Å²) < 4.78 is 5.16. The van der Waals surface area contributed by atoms with Crippen molar-refractivity contribution in [3.63, 3.8) is 0 Å². The minimum Gasteiger partial charge on any atom is -0.405 e. The van der Waals surface area contributed by atoms with Crippen LogP contribution >= 0.6 is 0 Å². The molecule has 3 aromatic rings. The summed E-state index contributed by atoms with van der Waals surface area (Å²) in [6, 6.07) is 11.9. The maximum Gasteiger partial charge on any atom is 0.254 e. The Morgan fingerprint density at radius 2 is 1.76 bits per heavy atom. The smallest absolute Gasteiger partial charge is 0.254 e. The molecule has 0 aliphatic carbocycles. The van der Waals surface area contributed by atoms with Gasteiger partial charge in [-0.05, 0) is 71.5 Å². The summed E-state index contributed by atoms with van der Waals surface area (Å²) in [5.41, 5.74) is 23.2. The number of aliphatic imine (C=N–C) groups is 2. The van der Waals surface area contributed by atoms with Crippen LogP contribution in [0.1, 0.15) is 27.8 Å². The highest BCUT2D eigenvalue weighted by atomic mass is 16.5. The van der Waals surface area contributed by atoms with Crippen LogP contribution in [0.2, 0.25) is 0 Å². The monoisotopic (exact) mass is 513 g/mol. The summed E-state index contributed by atoms with van der Waals surface area (Å²) in [5.74, 6) is 0.164. The average molecular weight is 514 g/mol. The van der Waals surface area contributed by atoms with Crippen molar-refractivity contribution in [1.29, 1.82) is 0 Å². The Kier molecular flexibility index (Phi) is 10.1. The molecule has 38 heavy (non-hydrogen) atoms. The van der Waals surface area contributed by atoms with Crippen LogP contribution in [0.5, 0.6) is 0 Å². The highest BCUT2D eigenvalue weighted by Gasteiger charge is 2.15. The van der Waals surface area contributed by atoms with E-state index in [4.69, 9.17) is 21.9 Å². The molecule has 3 rings (SSSR count). The number of nitrogens with one attached hydrogen (secondary N) is 1. The van der Waals surface area contributed by atoms with Gasteiger partial charge in [0.2, 0.25) is 0 Å². The Hall–Kier alpha value is -4.50. The van der Waals surface area contributed by atoms with E-state index in [1.54, 1.807) is 18.5 Å². The molecule has 0 radical (unpaired) electrons. The maximum absolute atomic E-state index is 13.2. The minimum atomic E-state index is -0.323. The number of pyridine rings is 1. The van der Waals surface area contributed by atoms with Gasteiger partial charge in [-0.3, -0.25) is 14.8 Å². The molecular weight excluding hydrogens is 478 g/mol. The van der Waals surface area contributed by atoms with Crippen LogP contribution < -0.4 is 22.5 Å². The standard InChI is InChI=1S/C29H35N7O2/c1-19-13-24-23(9-12-35-28(24)32)20(2)25(19)17-36-29(37)26(27(31)18-38-3)16-34-15-22-7-5-21(6-8-22)14-33-11-4-10-30/h4-13,16H,14-15,17-18,30-31H2,1-3H3,(H2,32,35)(H,36,37)/b10-4-,27-26+,33-11?,34-16?. The van der Waals surface area contributed by atoms with Crippen molar-refractivity contribution in [2.75, 3.05) is 19.5 Å². The van der Waals surface area contributed by atoms with E-state index in [-0.39, 0.29) is 18.1 Å². The lowest BCUT2D eigenvalue weighted by atomic mass is 9.96. The molecule has 0 spiro atoms. The van der Waals surface area contributed by atoms with E-state index in [1.165, 1.54) is 19.5 Å². The number of nitrogens with zero attached hydrogens (tertiary/aromatic N) is 3. The van der Waals surface area contributed by atoms with Crippen molar-refractivity contribution in [2.45, 2.75) is 33.5 Å². The normalized spacial score (nSPS) is 12.6. The number of amides is 1. The zero-order chi connectivity index (χ0) is 27.5. The first-order chi connectivity index (χ1) is 18.3. The van der Waals surface area contributed by atoms with E-state index in [9.17, 15) is 4.79 Å². The number of aryl methyl sites for hydroxylation is 2. The van der Waals surface area contributed by atoms with Gasteiger partial charge in [-0.1, -0.05) is 24.3 Å². The topological polar surface area (TPSA) is 154 Å². The van der Waals surface area contributed by atoms with E-state index in [1.807, 2.05) is 50.2 Å². The molecule has 0 saturated carbocycles. The lowest BCUT2D eigenvalue weighted by Crippen LogP contribution is -2.29. The number of carbonyl (C=O) groups is 1. The number of nitrogens with two attached hydrogens (primary N) is 3. The highest BCUT2D eigenvalue weighted by Crippen LogP contribution is 2.27. The zero-order valence-electron chi connectivity index (χ0n) is 22.1. The van der Waals surface area contributed by atoms with Gasteiger partial charge < -0.3 is 27.3 Å². The third-order valence-corrected chi connectivity index (χ3v) is 6.12. The van der Waals surface area contributed by atoms with Crippen LogP contribution in [0.15, 0.2) is 76.1 Å². The molecular formula is C29H35N7O2. The van der Waals surface area contributed by atoms with Gasteiger partial charge in [-0.15, -0.1) is 0 Å². The van der Waals surface area contributed by atoms with Gasteiger partial charge in [0, 0.05) is 43.4 Å². The Morgan fingerprint density at radius 1 is 1.08 bits per heavy atom. The van der Waals surface area contributed by atoms with Gasteiger partial charge in [-0.25, -0.2) is 4.98 Å². The number of carbonyl (C=O) groups excluding carboxylic acids is 1. The van der Waals surface area contributed by atoms with E-state index < -0.39 is 0 Å². The molecule has 0 saturated heterocycles. The number of methoxy groups -OCH3 is 1. The molecule has 0 aliphatic heterocycles. The molecule has 198 valence electrons. The molecule has 0 unspecified atom stereocenters. The Morgan fingerprint density at radius 3 is 2.42 bits per heavy atom. The molecule has 9 nitrogen and oxygen atoms in total. The van der Waals surface area contributed by atoms with E-state index in [2.05, 4.69) is 20.3 Å². The first-order valence-corrected chi connectivity index (χ1v) is 12.2. The number of nitrogen functional groups attached to an aromatic ring is 1. The van der Waals surface area contributed by atoms with Crippen molar-refractivity contribution in [3.05, 3.63) is 94.0 Å². The summed E-state index contributed by atoms with van der Waals surface area (Å²) in [5, 5.41) is 4.90. The number of anilines is 1. The number of aromatic nitrogens is 1. The molecule has 0 fully saturated rings. The number of allylic oxidation sites excluding steroid dienone is 1. The van der Waals surface area contributed by atoms with Gasteiger partial charge in [0.05, 0.1) is 25.3 Å². The largest absolute Gasteiger partial charge is 0.405 e. The van der Waals surface area contributed by atoms with E-state index in [0.29, 0.717) is 31.1 Å². The van der Waals surface area contributed by atoms with Gasteiger partial charge >= 0.3 is 0 Å². The van der Waals surface area contributed by atoms with Gasteiger partial charge in [0.1, 0.15) is 5.82 Å². The molecule has 7 N–H and O–H groups in total. The summed E-state index contributed by atoms with van der Waals surface area (Å²) >= 11 is 0. The summed E-state index contributed by atoms with van der Waals surface area (Å²) in [6.45, 7) is 5.42. The fraction of sp³-hybridized carbons (Fsp3) is 0.241. The Labute approximate surface area is 223 Å². The Balaban J connectivity index is 1.71. The number of rotatable bonds is 11. The van der Waals surface area contributed by atoms with E-state index in [0.717, 1.165) is 38.6 Å². The molecule has 0 bridgehead atoms. The number of ether oxygens (including phenoxy) is 1. The maximum atomic E-state index is 13.2. The van der Waals surface area contributed by atoms with E-state index >= 15 is 0 Å². The predicted octanol–water partition coefficient (Wildman–Crippen LogP) is 3.22. The summed E-state index contributed by atoms with van der Waals surface area (Å²) in [6.07, 6.45) is 7.98. The second kappa shape index (κ2) is 13.7. The average Bonchev–Trinajstić information content (AvgIpc) is 2.90. The van der Waals surface area contributed by atoms with Crippen molar-refractivity contribution < 1.29 is 9.53 Å². The molecule has 0 atom stereocenters. The molecule has 0 aliphatic rings. The third kappa shape index (κ3) is 7.27. The zero-order valence-corrected chi connectivity index (χ0v) is 22.1. The second-order valence-corrected chi connectivity index (χ2v) is 8.80. The third-order valence-electron chi connectivity index (χ3n) is 6.12. The quantitative estimate of drug-likeness (QED) is 0.228. The molecule has 9 heteroatoms. The molecule has 1 heterocycles. The SMILES string of the molecule is COC/C(N)=C(/C=NCc1ccc(CN=C/C=C\N)cc1)C(=O)NCc1c(C)cc2c(N)nccc2c1C. The number of fused-ring (bicyclic) bond motifs is 1. The first kappa shape index (κ1) is 28.1. The second-order valence-electron chi connectivity index (χ2n) is 8.80. The van der Waals surface area contributed by atoms with Crippen LogP contribution in [0, 0.1) is 13.8 Å². The molecule has 1 aromatic heterocycles. The molecule has 2 aromatic carbocycles. The van der Waals surface area contributed by atoms with Crippen LogP contribution in [0.3, 0.4) is 0 Å². The fourth-order valence-corrected chi connectivity index (χ4v) is 4.05. The van der Waals surface area contributed by atoms with Crippen LogP contribution in [-0.4, -0.2) is 37.0 Å². The van der Waals surface area contributed by atoms with Crippen LogP contribution in [0.25, 0.3) is 10.8 Å². The number of hydrogen-bond donors (Lipinski definition) is 4. The van der Waals surface area contributed by atoms with Gasteiger partial charge in [0.25, 0.3) is 5.91 Å². The first-order valence-electron chi connectivity index (χ1n) is 12.2. The summed E-state index contributed by atoms with van der Waals surface area (Å²) in [4.78, 5) is 26.1. The number of benzene rings is 2. The Bertz CT molecular complexity index is 1390. The van der Waals surface area contributed by atoms with Crippen LogP contribution in [-0.2, 0) is 29.2 Å². The minimum absolute atomic E-state index is 0.115. The van der Waals surface area contributed by atoms with Crippen LogP contribution in [0.4, 0.5) is 5.82 Å². The van der Waals surface area contributed by atoms with Gasteiger partial charge in [0.15, 0.2) is 0 Å².